The van der Waals surface area contributed by atoms with E-state index in [0.717, 1.165) is 22.2 Å². The summed E-state index contributed by atoms with van der Waals surface area (Å²) in [7, 11) is 0. The molecule has 4 rings (SSSR count). The molecule has 1 aliphatic heterocycles. The molecule has 1 aliphatic rings. The van der Waals surface area contributed by atoms with Crippen molar-refractivity contribution in [1.82, 2.24) is 4.90 Å². The first kappa shape index (κ1) is 25.0. The van der Waals surface area contributed by atoms with E-state index in [1.165, 1.54) is 12.1 Å². The Morgan fingerprint density at radius 1 is 1.09 bits per heavy atom. The Hall–Kier alpha value is -3.14. The topological polar surface area (TPSA) is 75.7 Å². The molecule has 10 heteroatoms. The summed E-state index contributed by atoms with van der Waals surface area (Å²) in [5.74, 6) is -0.787. The first-order valence-electron chi connectivity index (χ1n) is 10.3. The zero-order valence-electron chi connectivity index (χ0n) is 18.0. The molecule has 0 spiro atoms. The van der Waals surface area contributed by atoms with E-state index in [4.69, 9.17) is 16.3 Å². The van der Waals surface area contributed by atoms with Gasteiger partial charge < -0.3 is 10.1 Å². The van der Waals surface area contributed by atoms with Crippen molar-refractivity contribution in [3.05, 3.63) is 98.1 Å². The monoisotopic (exact) mass is 574 g/mol. The van der Waals surface area contributed by atoms with Gasteiger partial charge in [-0.2, -0.15) is 0 Å². The van der Waals surface area contributed by atoms with Gasteiger partial charge in [-0.1, -0.05) is 29.8 Å². The quantitative estimate of drug-likeness (QED) is 0.326. The van der Waals surface area contributed by atoms with Gasteiger partial charge in [-0.25, -0.2) is 4.39 Å². The lowest BCUT2D eigenvalue weighted by molar-refractivity contribution is -0.127. The fourth-order valence-corrected chi connectivity index (χ4v) is 4.61. The van der Waals surface area contributed by atoms with Crippen molar-refractivity contribution in [3.63, 3.8) is 0 Å². The standard InChI is InChI=1S/C25H17BrClFN2O4S/c26-20-11-16(3-10-21(20)34-14-15-1-6-18(28)7-2-15)12-22-24(32)30(25(33)35-22)13-23(31)29-19-8-4-17(27)5-9-19/h1-12H,13-14H2,(H,29,31)/b22-12-. The Balaban J connectivity index is 1.39. The number of halogens is 3. The molecule has 0 aliphatic carbocycles. The van der Waals surface area contributed by atoms with Crippen LogP contribution in [0.1, 0.15) is 11.1 Å². The van der Waals surface area contributed by atoms with E-state index in [0.29, 0.717) is 26.5 Å². The number of anilines is 1. The maximum atomic E-state index is 13.0. The first-order chi connectivity index (χ1) is 16.8. The number of rotatable bonds is 7. The molecule has 0 atom stereocenters. The number of hydrogen-bond donors (Lipinski definition) is 1. The number of amides is 3. The van der Waals surface area contributed by atoms with Crippen molar-refractivity contribution in [2.45, 2.75) is 6.61 Å². The lowest BCUT2D eigenvalue weighted by atomic mass is 10.2. The number of thioether (sulfide) groups is 1. The van der Waals surface area contributed by atoms with Crippen LogP contribution in [0.15, 0.2) is 76.1 Å². The molecule has 3 aromatic carbocycles. The third-order valence-electron chi connectivity index (χ3n) is 4.86. The molecule has 6 nitrogen and oxygen atoms in total. The molecule has 1 saturated heterocycles. The molecule has 0 bridgehead atoms. The van der Waals surface area contributed by atoms with Gasteiger partial charge in [-0.3, -0.25) is 19.3 Å². The lowest BCUT2D eigenvalue weighted by Gasteiger charge is -2.12. The Labute approximate surface area is 218 Å². The minimum Gasteiger partial charge on any atom is -0.488 e. The summed E-state index contributed by atoms with van der Waals surface area (Å²) >= 11 is 10.0. The highest BCUT2D eigenvalue weighted by atomic mass is 79.9. The summed E-state index contributed by atoms with van der Waals surface area (Å²) in [4.78, 5) is 38.5. The number of nitrogens with one attached hydrogen (secondary N) is 1. The first-order valence-corrected chi connectivity index (χ1v) is 12.2. The fourth-order valence-electron chi connectivity index (χ4n) is 3.13. The molecule has 0 unspecified atom stereocenters. The number of carbonyl (C=O) groups is 3. The van der Waals surface area contributed by atoms with Crippen LogP contribution in [0, 0.1) is 5.82 Å². The van der Waals surface area contributed by atoms with E-state index in [9.17, 15) is 18.8 Å². The second-order valence-corrected chi connectivity index (χ2v) is 9.71. The number of ether oxygens (including phenoxy) is 1. The third kappa shape index (κ3) is 6.50. The summed E-state index contributed by atoms with van der Waals surface area (Å²) in [6.07, 6.45) is 1.58. The number of nitrogens with zero attached hydrogens (tertiary/aromatic N) is 1. The highest BCUT2D eigenvalue weighted by Gasteiger charge is 2.36. The Bertz CT molecular complexity index is 1320. The SMILES string of the molecule is O=C(CN1C(=O)S/C(=C\c2ccc(OCc3ccc(F)cc3)c(Br)c2)C1=O)Nc1ccc(Cl)cc1. The van der Waals surface area contributed by atoms with Crippen molar-refractivity contribution in [3.8, 4) is 5.75 Å². The molecule has 1 fully saturated rings. The average Bonchev–Trinajstić information content (AvgIpc) is 3.08. The third-order valence-corrected chi connectivity index (χ3v) is 6.64. The number of hydrogen-bond acceptors (Lipinski definition) is 5. The van der Waals surface area contributed by atoms with Crippen LogP contribution in [0.5, 0.6) is 5.75 Å². The summed E-state index contributed by atoms with van der Waals surface area (Å²) in [6, 6.07) is 17.7. The number of imide groups is 1. The average molecular weight is 576 g/mol. The van der Waals surface area contributed by atoms with E-state index < -0.39 is 23.6 Å². The maximum Gasteiger partial charge on any atom is 0.294 e. The van der Waals surface area contributed by atoms with Crippen molar-refractivity contribution in [1.29, 1.82) is 0 Å². The molecule has 3 amide bonds. The molecular weight excluding hydrogens is 559 g/mol. The van der Waals surface area contributed by atoms with Gasteiger partial charge in [0.15, 0.2) is 0 Å². The van der Waals surface area contributed by atoms with Gasteiger partial charge in [0.2, 0.25) is 5.91 Å². The van der Waals surface area contributed by atoms with Crippen molar-refractivity contribution >= 4 is 68.1 Å². The van der Waals surface area contributed by atoms with Crippen LogP contribution >= 0.6 is 39.3 Å². The molecule has 178 valence electrons. The predicted molar refractivity (Wildman–Crippen MR) is 138 cm³/mol. The smallest absolute Gasteiger partial charge is 0.294 e. The highest BCUT2D eigenvalue weighted by molar-refractivity contribution is 9.10. The zero-order chi connectivity index (χ0) is 24.9. The minimum absolute atomic E-state index is 0.209. The summed E-state index contributed by atoms with van der Waals surface area (Å²) < 4.78 is 19.5. The molecule has 1 heterocycles. The summed E-state index contributed by atoms with van der Waals surface area (Å²) in [5.41, 5.74) is 1.99. The van der Waals surface area contributed by atoms with Crippen LogP contribution in [0.2, 0.25) is 5.02 Å². The second-order valence-electron chi connectivity index (χ2n) is 7.43. The van der Waals surface area contributed by atoms with Gasteiger partial charge in [0.1, 0.15) is 24.7 Å². The van der Waals surface area contributed by atoms with E-state index in [-0.39, 0.29) is 17.3 Å². The summed E-state index contributed by atoms with van der Waals surface area (Å²) in [6.45, 7) is -0.139. The fraction of sp³-hybridized carbons (Fsp3) is 0.0800. The Morgan fingerprint density at radius 3 is 2.49 bits per heavy atom. The molecule has 3 aromatic rings. The highest BCUT2D eigenvalue weighted by Crippen LogP contribution is 2.34. The van der Waals surface area contributed by atoms with Crippen molar-refractivity contribution < 1.29 is 23.5 Å². The molecule has 1 N–H and O–H groups in total. The second kappa shape index (κ2) is 11.1. The van der Waals surface area contributed by atoms with Gasteiger partial charge in [0, 0.05) is 10.7 Å². The lowest BCUT2D eigenvalue weighted by Crippen LogP contribution is -2.36. The molecule has 0 saturated carbocycles. The van der Waals surface area contributed by atoms with Gasteiger partial charge in [-0.15, -0.1) is 0 Å². The molecule has 35 heavy (non-hydrogen) atoms. The van der Waals surface area contributed by atoms with Crippen molar-refractivity contribution in [2.24, 2.45) is 0 Å². The van der Waals surface area contributed by atoms with Gasteiger partial charge >= 0.3 is 0 Å². The van der Waals surface area contributed by atoms with Crippen LogP contribution < -0.4 is 10.1 Å². The predicted octanol–water partition coefficient (Wildman–Crippen LogP) is 6.50. The van der Waals surface area contributed by atoms with Gasteiger partial charge in [0.25, 0.3) is 11.1 Å². The van der Waals surface area contributed by atoms with Crippen molar-refractivity contribution in [2.75, 3.05) is 11.9 Å². The normalized spacial score (nSPS) is 14.5. The van der Waals surface area contributed by atoms with Gasteiger partial charge in [0.05, 0.1) is 9.38 Å². The molecular formula is C25H17BrClFN2O4S. The van der Waals surface area contributed by atoms with E-state index in [2.05, 4.69) is 21.2 Å². The largest absolute Gasteiger partial charge is 0.488 e. The van der Waals surface area contributed by atoms with E-state index >= 15 is 0 Å². The maximum absolute atomic E-state index is 13.0. The van der Waals surface area contributed by atoms with Crippen LogP contribution in [0.3, 0.4) is 0 Å². The van der Waals surface area contributed by atoms with E-state index in [1.807, 2.05) is 0 Å². The minimum atomic E-state index is -0.543. The van der Waals surface area contributed by atoms with Crippen LogP contribution in [-0.4, -0.2) is 28.5 Å². The Kier molecular flexibility index (Phi) is 7.90. The zero-order valence-corrected chi connectivity index (χ0v) is 21.1. The molecule has 0 aromatic heterocycles. The number of benzene rings is 3. The van der Waals surface area contributed by atoms with Gasteiger partial charge in [-0.05, 0) is 93.4 Å². The molecule has 0 radical (unpaired) electrons. The number of carbonyl (C=O) groups excluding carboxylic acids is 3. The van der Waals surface area contributed by atoms with Crippen LogP contribution in [0.4, 0.5) is 14.9 Å². The Morgan fingerprint density at radius 2 is 1.80 bits per heavy atom. The van der Waals surface area contributed by atoms with Crippen LogP contribution in [-0.2, 0) is 16.2 Å². The van der Waals surface area contributed by atoms with E-state index in [1.54, 1.807) is 60.7 Å². The van der Waals surface area contributed by atoms with Crippen LogP contribution in [0.25, 0.3) is 6.08 Å². The summed E-state index contributed by atoms with van der Waals surface area (Å²) in [5, 5.41) is 2.63.